The topological polar surface area (TPSA) is 81.3 Å². The Balaban J connectivity index is 1.92. The fraction of sp³-hybridized carbons (Fsp3) is 0.240. The molecule has 0 unspecified atom stereocenters. The van der Waals surface area contributed by atoms with Crippen LogP contribution >= 0.6 is 0 Å². The van der Waals surface area contributed by atoms with Gasteiger partial charge in [-0.1, -0.05) is 49.4 Å². The third kappa shape index (κ3) is 4.84. The molecule has 0 radical (unpaired) electrons. The average Bonchev–Trinajstić information content (AvgIpc) is 3.08. The number of hydrogen-bond donors (Lipinski definition) is 1. The number of imidazole rings is 1. The van der Waals surface area contributed by atoms with Gasteiger partial charge in [-0.2, -0.15) is 0 Å². The molecule has 6 heteroatoms. The van der Waals surface area contributed by atoms with Gasteiger partial charge in [-0.25, -0.2) is 14.2 Å². The van der Waals surface area contributed by atoms with Crippen molar-refractivity contribution in [3.63, 3.8) is 0 Å². The maximum Gasteiger partial charge on any atom is 0.336 e. The Labute approximate surface area is 180 Å². The van der Waals surface area contributed by atoms with Gasteiger partial charge in [-0.3, -0.25) is 9.36 Å². The minimum atomic E-state index is -0.984. The number of aromatic nitrogens is 2. The van der Waals surface area contributed by atoms with Crippen LogP contribution in [0.3, 0.4) is 0 Å². The molecule has 1 heterocycles. The zero-order valence-electron chi connectivity index (χ0n) is 17.4. The lowest BCUT2D eigenvalue weighted by Gasteiger charge is -2.09. The Kier molecular flexibility index (Phi) is 6.88. The summed E-state index contributed by atoms with van der Waals surface area (Å²) in [6.45, 7) is 2.19. The number of carboxylic acids is 1. The number of terminal acetylenes is 1. The van der Waals surface area contributed by atoms with Crippen LogP contribution in [0.5, 0.6) is 0 Å². The lowest BCUT2D eigenvalue weighted by atomic mass is 9.99. The Morgan fingerprint density at radius 1 is 1.10 bits per heavy atom. The van der Waals surface area contributed by atoms with Crippen LogP contribution in [0, 0.1) is 12.3 Å². The van der Waals surface area contributed by atoms with E-state index in [1.165, 1.54) is 4.57 Å². The van der Waals surface area contributed by atoms with Crippen LogP contribution in [-0.2, 0) is 13.0 Å². The van der Waals surface area contributed by atoms with Gasteiger partial charge in [0.15, 0.2) is 0 Å². The first kappa shape index (κ1) is 21.8. The van der Waals surface area contributed by atoms with Gasteiger partial charge < -0.3 is 5.11 Å². The van der Waals surface area contributed by atoms with E-state index in [4.69, 9.17) is 6.42 Å². The van der Waals surface area contributed by atoms with Crippen LogP contribution in [0.15, 0.2) is 59.5 Å². The summed E-state index contributed by atoms with van der Waals surface area (Å²) in [6.07, 6.45) is 8.91. The summed E-state index contributed by atoms with van der Waals surface area (Å²) < 4.78 is 2.75. The molecule has 0 amide bonds. The molecule has 2 aromatic carbocycles. The highest BCUT2D eigenvalue weighted by molar-refractivity contribution is 5.96. The lowest BCUT2D eigenvalue weighted by Crippen LogP contribution is -2.29. The van der Waals surface area contributed by atoms with Crippen molar-refractivity contribution < 1.29 is 14.7 Å². The number of nitrogens with zero attached hydrogens (tertiary/aromatic N) is 2. The number of carbonyl (C=O) groups is 2. The van der Waals surface area contributed by atoms with Crippen LogP contribution in [0.4, 0.5) is 0 Å². The van der Waals surface area contributed by atoms with Crippen molar-refractivity contribution >= 4 is 11.9 Å². The number of aromatic carboxylic acids is 1. The van der Waals surface area contributed by atoms with Crippen molar-refractivity contribution in [2.24, 2.45) is 0 Å². The predicted molar refractivity (Wildman–Crippen MR) is 119 cm³/mol. The quantitative estimate of drug-likeness (QED) is 0.561. The molecule has 1 N–H and O–H groups in total. The maximum absolute atomic E-state index is 12.9. The summed E-state index contributed by atoms with van der Waals surface area (Å²) in [5.41, 5.74) is 2.84. The van der Waals surface area contributed by atoms with Crippen molar-refractivity contribution in [2.75, 3.05) is 0 Å². The maximum atomic E-state index is 12.9. The van der Waals surface area contributed by atoms with E-state index in [-0.39, 0.29) is 17.2 Å². The van der Waals surface area contributed by atoms with Crippen LogP contribution in [-0.4, -0.2) is 26.1 Å². The smallest absolute Gasteiger partial charge is 0.336 e. The second-order valence-corrected chi connectivity index (χ2v) is 7.25. The first-order valence-corrected chi connectivity index (χ1v) is 10.2. The standard InChI is InChI=1S/C25H24N2O4/c1-3-5-9-20-17-27(23(28)8-4-2)25(31)26(20)16-18-12-14-19(15-13-18)21-10-6-7-11-22(21)24(29)30/h1,6-7,10-15,17H,4-5,8-9,16H2,2H3,(H,29,30). The largest absolute Gasteiger partial charge is 0.478 e. The minimum absolute atomic E-state index is 0.228. The van der Waals surface area contributed by atoms with Crippen LogP contribution in [0.25, 0.3) is 11.1 Å². The Bertz CT molecular complexity index is 1190. The molecule has 6 nitrogen and oxygen atoms in total. The van der Waals surface area contributed by atoms with E-state index >= 15 is 0 Å². The van der Waals surface area contributed by atoms with E-state index < -0.39 is 5.97 Å². The predicted octanol–water partition coefficient (Wildman–Crippen LogP) is 4.07. The van der Waals surface area contributed by atoms with Crippen molar-refractivity contribution in [1.29, 1.82) is 0 Å². The molecule has 0 aliphatic heterocycles. The average molecular weight is 416 g/mol. The molecule has 0 fully saturated rings. The third-order valence-electron chi connectivity index (χ3n) is 5.08. The molecule has 0 saturated carbocycles. The van der Waals surface area contributed by atoms with Gasteiger partial charge in [0.2, 0.25) is 5.91 Å². The summed E-state index contributed by atoms with van der Waals surface area (Å²) in [5.74, 6) is 1.36. The minimum Gasteiger partial charge on any atom is -0.478 e. The van der Waals surface area contributed by atoms with E-state index in [1.54, 1.807) is 35.0 Å². The van der Waals surface area contributed by atoms with Gasteiger partial charge in [0.1, 0.15) is 0 Å². The number of benzene rings is 2. The normalized spacial score (nSPS) is 10.6. The van der Waals surface area contributed by atoms with Crippen molar-refractivity contribution in [2.45, 2.75) is 39.2 Å². The number of aryl methyl sites for hydroxylation is 1. The third-order valence-corrected chi connectivity index (χ3v) is 5.08. The Hall–Kier alpha value is -3.85. The SMILES string of the molecule is C#CCCc1cn(C(=O)CCC)c(=O)n1Cc1ccc(-c2ccccc2C(=O)O)cc1. The van der Waals surface area contributed by atoms with Crippen molar-refractivity contribution in [3.8, 4) is 23.5 Å². The fourth-order valence-electron chi connectivity index (χ4n) is 3.50. The Morgan fingerprint density at radius 2 is 1.81 bits per heavy atom. The van der Waals surface area contributed by atoms with Crippen molar-refractivity contribution in [1.82, 2.24) is 9.13 Å². The second kappa shape index (κ2) is 9.77. The van der Waals surface area contributed by atoms with E-state index in [0.29, 0.717) is 43.5 Å². The molecule has 0 atom stereocenters. The van der Waals surface area contributed by atoms with E-state index in [9.17, 15) is 19.5 Å². The molecule has 3 aromatic rings. The molecule has 0 bridgehead atoms. The molecular formula is C25H24N2O4. The van der Waals surface area contributed by atoms with Crippen LogP contribution in [0.2, 0.25) is 0 Å². The molecule has 0 saturated heterocycles. The van der Waals surface area contributed by atoms with Crippen molar-refractivity contribution in [3.05, 3.63) is 82.0 Å². The van der Waals surface area contributed by atoms with Crippen LogP contribution < -0.4 is 5.69 Å². The molecule has 158 valence electrons. The van der Waals surface area contributed by atoms with Gasteiger partial charge in [0, 0.05) is 31.2 Å². The summed E-state index contributed by atoms with van der Waals surface area (Å²) in [4.78, 5) is 36.7. The van der Waals surface area contributed by atoms with Crippen LogP contribution in [0.1, 0.15) is 52.6 Å². The van der Waals surface area contributed by atoms with E-state index in [2.05, 4.69) is 5.92 Å². The highest BCUT2D eigenvalue weighted by Crippen LogP contribution is 2.24. The zero-order valence-corrected chi connectivity index (χ0v) is 17.4. The summed E-state index contributed by atoms with van der Waals surface area (Å²) >= 11 is 0. The monoisotopic (exact) mass is 416 g/mol. The molecule has 3 rings (SSSR count). The number of carboxylic acid groups (broad SMARTS) is 1. The highest BCUT2D eigenvalue weighted by atomic mass is 16.4. The molecular weight excluding hydrogens is 392 g/mol. The summed E-state index contributed by atoms with van der Waals surface area (Å²) in [5, 5.41) is 9.41. The van der Waals surface area contributed by atoms with Gasteiger partial charge >= 0.3 is 11.7 Å². The Morgan fingerprint density at radius 3 is 2.45 bits per heavy atom. The fourth-order valence-corrected chi connectivity index (χ4v) is 3.50. The van der Waals surface area contributed by atoms with E-state index in [1.807, 2.05) is 31.2 Å². The van der Waals surface area contributed by atoms with Gasteiger partial charge in [-0.15, -0.1) is 12.3 Å². The van der Waals surface area contributed by atoms with Gasteiger partial charge in [0.05, 0.1) is 12.1 Å². The number of rotatable bonds is 8. The highest BCUT2D eigenvalue weighted by Gasteiger charge is 2.16. The van der Waals surface area contributed by atoms with Gasteiger partial charge in [0.25, 0.3) is 0 Å². The lowest BCUT2D eigenvalue weighted by molar-refractivity contribution is 0.0697. The number of hydrogen-bond acceptors (Lipinski definition) is 3. The zero-order chi connectivity index (χ0) is 22.4. The first-order valence-electron chi connectivity index (χ1n) is 10.2. The summed E-state index contributed by atoms with van der Waals surface area (Å²) in [7, 11) is 0. The number of carbonyl (C=O) groups excluding carboxylic acids is 1. The first-order chi connectivity index (χ1) is 15.0. The van der Waals surface area contributed by atoms with E-state index in [0.717, 1.165) is 11.1 Å². The molecule has 0 spiro atoms. The second-order valence-electron chi connectivity index (χ2n) is 7.25. The molecule has 0 aliphatic rings. The molecule has 1 aromatic heterocycles. The van der Waals surface area contributed by atoms with Gasteiger partial charge in [-0.05, 0) is 29.2 Å². The molecule has 31 heavy (non-hydrogen) atoms. The summed E-state index contributed by atoms with van der Waals surface area (Å²) in [6, 6.07) is 14.2. The molecule has 0 aliphatic carbocycles.